The van der Waals surface area contributed by atoms with Gasteiger partial charge in [-0.05, 0) is 28.1 Å². The number of alkyl halides is 3. The fraction of sp³-hybridized carbons (Fsp3) is 0.200. The Morgan fingerprint density at radius 2 is 2.11 bits per heavy atom. The lowest BCUT2D eigenvalue weighted by Crippen LogP contribution is -2.12. The van der Waals surface area contributed by atoms with E-state index >= 15 is 0 Å². The minimum absolute atomic E-state index is 0.204. The number of phenols is 1. The number of aromatic hydroxyl groups is 1. The third-order valence-electron chi connectivity index (χ3n) is 1.90. The summed E-state index contributed by atoms with van der Waals surface area (Å²) in [5.74, 6) is -1.34. The van der Waals surface area contributed by atoms with Crippen molar-refractivity contribution in [2.75, 3.05) is 5.32 Å². The molecule has 1 aromatic carbocycles. The highest BCUT2D eigenvalue weighted by molar-refractivity contribution is 9.10. The second-order valence-electron chi connectivity index (χ2n) is 3.24. The molecular weight excluding hydrogens is 317 g/mol. The van der Waals surface area contributed by atoms with Crippen molar-refractivity contribution in [2.24, 2.45) is 0 Å². The van der Waals surface area contributed by atoms with Crippen LogP contribution in [-0.4, -0.2) is 11.0 Å². The van der Waals surface area contributed by atoms with Gasteiger partial charge in [-0.1, -0.05) is 0 Å². The van der Waals surface area contributed by atoms with Gasteiger partial charge in [0.25, 0.3) is 0 Å². The topological polar surface area (TPSA) is 73.1 Å². The van der Waals surface area contributed by atoms with E-state index < -0.39 is 35.5 Å². The van der Waals surface area contributed by atoms with Crippen LogP contribution in [-0.2, 0) is 11.0 Å². The highest BCUT2D eigenvalue weighted by Crippen LogP contribution is 2.39. The quantitative estimate of drug-likeness (QED) is 0.822. The molecule has 1 amide bonds. The van der Waals surface area contributed by atoms with Crippen molar-refractivity contribution in [3.63, 3.8) is 0 Å². The standard InChI is InChI=1S/C10H6BrF3N2O2/c11-6-3-5(10(12,13)14)4-7(9(6)18)16-8(17)1-2-15/h3-4,18H,1H2,(H,16,17). The molecule has 0 heterocycles. The lowest BCUT2D eigenvalue weighted by atomic mass is 10.1. The highest BCUT2D eigenvalue weighted by Gasteiger charge is 2.32. The van der Waals surface area contributed by atoms with Crippen LogP contribution in [0.2, 0.25) is 0 Å². The molecule has 0 radical (unpaired) electrons. The van der Waals surface area contributed by atoms with Gasteiger partial charge in [-0.3, -0.25) is 4.79 Å². The first-order valence-electron chi connectivity index (χ1n) is 4.52. The van der Waals surface area contributed by atoms with E-state index in [4.69, 9.17) is 5.26 Å². The van der Waals surface area contributed by atoms with Gasteiger partial charge in [0.15, 0.2) is 5.75 Å². The van der Waals surface area contributed by atoms with Crippen LogP contribution in [0.15, 0.2) is 16.6 Å². The van der Waals surface area contributed by atoms with Gasteiger partial charge in [0.05, 0.1) is 21.8 Å². The Morgan fingerprint density at radius 1 is 1.50 bits per heavy atom. The Hall–Kier alpha value is -1.75. The number of benzene rings is 1. The molecule has 2 N–H and O–H groups in total. The molecule has 8 heteroatoms. The zero-order valence-corrected chi connectivity index (χ0v) is 10.3. The lowest BCUT2D eigenvalue weighted by Gasteiger charge is -2.12. The van der Waals surface area contributed by atoms with E-state index in [1.54, 1.807) is 0 Å². The Labute approximate surface area is 108 Å². The number of carbonyl (C=O) groups is 1. The van der Waals surface area contributed by atoms with Gasteiger partial charge in [-0.15, -0.1) is 0 Å². The minimum atomic E-state index is -4.61. The maximum atomic E-state index is 12.5. The summed E-state index contributed by atoms with van der Waals surface area (Å²) in [7, 11) is 0. The SMILES string of the molecule is N#CCC(=O)Nc1cc(C(F)(F)F)cc(Br)c1O. The van der Waals surface area contributed by atoms with Crippen LogP contribution in [0.1, 0.15) is 12.0 Å². The van der Waals surface area contributed by atoms with Crippen molar-refractivity contribution in [3.8, 4) is 11.8 Å². The average Bonchev–Trinajstić information content (AvgIpc) is 2.23. The summed E-state index contributed by atoms with van der Waals surface area (Å²) >= 11 is 2.75. The first-order valence-corrected chi connectivity index (χ1v) is 5.31. The molecule has 4 nitrogen and oxygen atoms in total. The van der Waals surface area contributed by atoms with Crippen molar-refractivity contribution in [1.29, 1.82) is 5.26 Å². The molecule has 0 bridgehead atoms. The fourth-order valence-electron chi connectivity index (χ4n) is 1.12. The molecule has 0 aromatic heterocycles. The molecule has 96 valence electrons. The first kappa shape index (κ1) is 14.3. The van der Waals surface area contributed by atoms with Crippen LogP contribution in [0.25, 0.3) is 0 Å². The van der Waals surface area contributed by atoms with Gasteiger partial charge in [0.1, 0.15) is 6.42 Å². The zero-order valence-electron chi connectivity index (χ0n) is 8.68. The molecule has 18 heavy (non-hydrogen) atoms. The summed E-state index contributed by atoms with van der Waals surface area (Å²) in [5.41, 5.74) is -1.43. The molecule has 0 saturated heterocycles. The first-order chi connectivity index (χ1) is 8.25. The Morgan fingerprint density at radius 3 is 2.61 bits per heavy atom. The predicted molar refractivity (Wildman–Crippen MR) is 59.7 cm³/mol. The number of halogens is 4. The number of nitrogens with zero attached hydrogens (tertiary/aromatic N) is 1. The number of hydrogen-bond acceptors (Lipinski definition) is 3. The van der Waals surface area contributed by atoms with Gasteiger partial charge < -0.3 is 10.4 Å². The van der Waals surface area contributed by atoms with E-state index in [0.29, 0.717) is 12.1 Å². The van der Waals surface area contributed by atoms with Crippen LogP contribution in [0.3, 0.4) is 0 Å². The van der Waals surface area contributed by atoms with Gasteiger partial charge in [0.2, 0.25) is 5.91 Å². The van der Waals surface area contributed by atoms with Gasteiger partial charge in [-0.25, -0.2) is 0 Å². The largest absolute Gasteiger partial charge is 0.505 e. The number of carbonyl (C=O) groups excluding carboxylic acids is 1. The molecule has 0 atom stereocenters. The molecule has 0 saturated carbocycles. The van der Waals surface area contributed by atoms with Crippen LogP contribution in [0, 0.1) is 11.3 Å². The third-order valence-corrected chi connectivity index (χ3v) is 2.51. The van der Waals surface area contributed by atoms with Crippen molar-refractivity contribution in [3.05, 3.63) is 22.2 Å². The van der Waals surface area contributed by atoms with Crippen molar-refractivity contribution in [1.82, 2.24) is 0 Å². The Kier molecular flexibility index (Phi) is 4.19. The van der Waals surface area contributed by atoms with Crippen LogP contribution >= 0.6 is 15.9 Å². The van der Waals surface area contributed by atoms with Crippen LogP contribution < -0.4 is 5.32 Å². The summed E-state index contributed by atoms with van der Waals surface area (Å²) in [6.45, 7) is 0. The van der Waals surface area contributed by atoms with E-state index in [1.807, 2.05) is 5.32 Å². The highest BCUT2D eigenvalue weighted by atomic mass is 79.9. The Bertz CT molecular complexity index is 523. The number of amides is 1. The van der Waals surface area contributed by atoms with Crippen LogP contribution in [0.5, 0.6) is 5.75 Å². The third kappa shape index (κ3) is 3.37. The van der Waals surface area contributed by atoms with E-state index in [-0.39, 0.29) is 4.47 Å². The summed E-state index contributed by atoms with van der Waals surface area (Å²) in [6.07, 6.45) is -5.13. The molecule has 0 unspecified atom stereocenters. The zero-order chi connectivity index (χ0) is 13.9. The summed E-state index contributed by atoms with van der Waals surface area (Å²) in [4.78, 5) is 11.1. The maximum Gasteiger partial charge on any atom is 0.416 e. The monoisotopic (exact) mass is 322 g/mol. The Balaban J connectivity index is 3.16. The normalized spacial score (nSPS) is 10.8. The predicted octanol–water partition coefficient (Wildman–Crippen LogP) is 3.03. The molecule has 1 aromatic rings. The number of hydrogen-bond donors (Lipinski definition) is 2. The molecule has 0 aliphatic rings. The van der Waals surface area contributed by atoms with E-state index in [1.165, 1.54) is 6.07 Å². The number of nitriles is 1. The van der Waals surface area contributed by atoms with Crippen LogP contribution in [0.4, 0.5) is 18.9 Å². The second kappa shape index (κ2) is 5.27. The second-order valence-corrected chi connectivity index (χ2v) is 4.09. The van der Waals surface area contributed by atoms with E-state index in [9.17, 15) is 23.1 Å². The van der Waals surface area contributed by atoms with E-state index in [2.05, 4.69) is 15.9 Å². The van der Waals surface area contributed by atoms with Gasteiger partial charge in [-0.2, -0.15) is 18.4 Å². The molecular formula is C10H6BrF3N2O2. The molecule has 1 rings (SSSR count). The number of phenolic OH excluding ortho intramolecular Hbond substituents is 1. The summed E-state index contributed by atoms with van der Waals surface area (Å²) in [6, 6.07) is 2.82. The average molecular weight is 323 g/mol. The fourth-order valence-corrected chi connectivity index (χ4v) is 1.58. The van der Waals surface area contributed by atoms with Gasteiger partial charge in [0, 0.05) is 0 Å². The number of anilines is 1. The minimum Gasteiger partial charge on any atom is -0.505 e. The molecule has 0 spiro atoms. The lowest BCUT2D eigenvalue weighted by molar-refractivity contribution is -0.137. The van der Waals surface area contributed by atoms with Crippen molar-refractivity contribution in [2.45, 2.75) is 12.6 Å². The molecule has 0 fully saturated rings. The smallest absolute Gasteiger partial charge is 0.416 e. The summed E-state index contributed by atoms with van der Waals surface area (Å²) in [5, 5.41) is 19.8. The molecule has 0 aliphatic heterocycles. The van der Waals surface area contributed by atoms with Crippen molar-refractivity contribution < 1.29 is 23.1 Å². The maximum absolute atomic E-state index is 12.5. The molecule has 0 aliphatic carbocycles. The van der Waals surface area contributed by atoms with Gasteiger partial charge >= 0.3 is 6.18 Å². The van der Waals surface area contributed by atoms with E-state index in [0.717, 1.165) is 0 Å². The van der Waals surface area contributed by atoms with Crippen molar-refractivity contribution >= 4 is 27.5 Å². The number of nitrogens with one attached hydrogen (secondary N) is 1. The number of rotatable bonds is 2. The summed E-state index contributed by atoms with van der Waals surface area (Å²) < 4.78 is 37.3.